The minimum absolute atomic E-state index is 0.380. The highest BCUT2D eigenvalue weighted by atomic mass is 19.4. The van der Waals surface area contributed by atoms with Gasteiger partial charge in [-0.3, -0.25) is 0 Å². The first kappa shape index (κ1) is 12.7. The number of aryl methyl sites for hydroxylation is 1. The van der Waals surface area contributed by atoms with Gasteiger partial charge in [-0.25, -0.2) is 4.98 Å². The molecule has 1 heterocycles. The van der Waals surface area contributed by atoms with Crippen LogP contribution < -0.4 is 0 Å². The minimum Gasteiger partial charge on any atom is -0.334 e. The summed E-state index contributed by atoms with van der Waals surface area (Å²) < 4.78 is 37.2. The summed E-state index contributed by atoms with van der Waals surface area (Å²) in [7, 11) is 0. The van der Waals surface area contributed by atoms with Crippen molar-refractivity contribution in [1.82, 2.24) is 9.97 Å². The number of aromatic amines is 1. The van der Waals surface area contributed by atoms with Crippen LogP contribution in [0.4, 0.5) is 13.2 Å². The molecule has 0 saturated carbocycles. The van der Waals surface area contributed by atoms with Gasteiger partial charge in [0, 0.05) is 0 Å². The summed E-state index contributed by atoms with van der Waals surface area (Å²) >= 11 is 0. The third-order valence-electron chi connectivity index (χ3n) is 2.65. The van der Waals surface area contributed by atoms with E-state index in [-0.39, 0.29) is 0 Å². The molecule has 5 heteroatoms. The summed E-state index contributed by atoms with van der Waals surface area (Å²) in [5.41, 5.74) is 2.26. The molecule has 0 bridgehead atoms. The second-order valence-electron chi connectivity index (χ2n) is 4.09. The molecule has 0 spiro atoms. The maximum atomic E-state index is 12.4. The Balaban J connectivity index is 2.23. The molecule has 18 heavy (non-hydrogen) atoms. The lowest BCUT2D eigenvalue weighted by Gasteiger charge is -2.02. The molecule has 0 aliphatic heterocycles. The molecule has 96 valence electrons. The van der Waals surface area contributed by atoms with E-state index in [0.29, 0.717) is 11.3 Å². The van der Waals surface area contributed by atoms with Gasteiger partial charge in [-0.05, 0) is 17.5 Å². The number of aromatic nitrogens is 2. The maximum absolute atomic E-state index is 12.4. The van der Waals surface area contributed by atoms with Crippen molar-refractivity contribution in [2.75, 3.05) is 0 Å². The fourth-order valence-electron chi connectivity index (χ4n) is 1.75. The van der Waals surface area contributed by atoms with Crippen LogP contribution in [0, 0.1) is 0 Å². The van der Waals surface area contributed by atoms with Crippen LogP contribution >= 0.6 is 0 Å². The Morgan fingerprint density at radius 3 is 2.33 bits per heavy atom. The van der Waals surface area contributed by atoms with E-state index in [1.54, 1.807) is 12.1 Å². The van der Waals surface area contributed by atoms with Gasteiger partial charge in [-0.1, -0.05) is 37.6 Å². The lowest BCUT2D eigenvalue weighted by molar-refractivity contribution is -0.144. The quantitative estimate of drug-likeness (QED) is 0.879. The molecular formula is C13H13F3N2. The lowest BCUT2D eigenvalue weighted by Crippen LogP contribution is -2.07. The van der Waals surface area contributed by atoms with Gasteiger partial charge in [-0.15, -0.1) is 0 Å². The van der Waals surface area contributed by atoms with E-state index in [4.69, 9.17) is 0 Å². The van der Waals surface area contributed by atoms with Crippen LogP contribution in [0.15, 0.2) is 30.5 Å². The Hall–Kier alpha value is -1.78. The van der Waals surface area contributed by atoms with Gasteiger partial charge in [0.05, 0.1) is 11.9 Å². The molecule has 1 aromatic carbocycles. The number of hydrogen-bond donors (Lipinski definition) is 1. The Kier molecular flexibility index (Phi) is 3.41. The van der Waals surface area contributed by atoms with Gasteiger partial charge in [0.25, 0.3) is 0 Å². The zero-order valence-corrected chi connectivity index (χ0v) is 9.88. The zero-order chi connectivity index (χ0) is 13.2. The highest BCUT2D eigenvalue weighted by Crippen LogP contribution is 2.28. The van der Waals surface area contributed by atoms with Crippen molar-refractivity contribution in [1.29, 1.82) is 0 Å². The number of nitrogens with one attached hydrogen (secondary N) is 1. The van der Waals surface area contributed by atoms with Crippen molar-refractivity contribution in [3.63, 3.8) is 0 Å². The first-order valence-electron chi connectivity index (χ1n) is 5.72. The van der Waals surface area contributed by atoms with Crippen LogP contribution in [-0.2, 0) is 12.6 Å². The fourth-order valence-corrected chi connectivity index (χ4v) is 1.75. The summed E-state index contributed by atoms with van der Waals surface area (Å²) in [6, 6.07) is 7.46. The van der Waals surface area contributed by atoms with Gasteiger partial charge >= 0.3 is 6.18 Å². The molecule has 2 nitrogen and oxygen atoms in total. The van der Waals surface area contributed by atoms with Gasteiger partial charge in [-0.2, -0.15) is 13.2 Å². The number of halogens is 3. The van der Waals surface area contributed by atoms with E-state index in [2.05, 4.69) is 16.9 Å². The molecule has 0 fully saturated rings. The number of nitrogens with zero attached hydrogens (tertiary/aromatic N) is 1. The van der Waals surface area contributed by atoms with Crippen LogP contribution in [0.25, 0.3) is 11.3 Å². The first-order chi connectivity index (χ1) is 8.50. The maximum Gasteiger partial charge on any atom is 0.449 e. The smallest absolute Gasteiger partial charge is 0.334 e. The van der Waals surface area contributed by atoms with Crippen molar-refractivity contribution >= 4 is 0 Å². The molecule has 2 rings (SSSR count). The fraction of sp³-hybridized carbons (Fsp3) is 0.308. The number of H-pyrrole nitrogens is 1. The molecule has 0 amide bonds. The van der Waals surface area contributed by atoms with Crippen molar-refractivity contribution in [2.24, 2.45) is 0 Å². The summed E-state index contributed by atoms with van der Waals surface area (Å²) in [6.07, 6.45) is -1.21. The van der Waals surface area contributed by atoms with E-state index < -0.39 is 12.0 Å². The Bertz CT molecular complexity index is 512. The molecule has 0 radical (unpaired) electrons. The van der Waals surface area contributed by atoms with E-state index in [1.165, 1.54) is 11.8 Å². The molecule has 1 aromatic heterocycles. The molecule has 0 aliphatic carbocycles. The van der Waals surface area contributed by atoms with Crippen molar-refractivity contribution < 1.29 is 13.2 Å². The van der Waals surface area contributed by atoms with Gasteiger partial charge < -0.3 is 4.98 Å². The lowest BCUT2D eigenvalue weighted by atomic mass is 10.1. The van der Waals surface area contributed by atoms with Crippen LogP contribution in [0.3, 0.4) is 0 Å². The minimum atomic E-state index is -4.43. The van der Waals surface area contributed by atoms with E-state index in [1.807, 2.05) is 12.1 Å². The second kappa shape index (κ2) is 4.84. The van der Waals surface area contributed by atoms with Gasteiger partial charge in [0.2, 0.25) is 5.82 Å². The van der Waals surface area contributed by atoms with Crippen LogP contribution in [0.2, 0.25) is 0 Å². The standard InChI is InChI=1S/C13H13F3N2/c1-2-3-9-4-6-10(7-5-9)11-8-17-12(18-11)13(14,15)16/h4-8H,2-3H2,1H3,(H,17,18). The Morgan fingerprint density at radius 2 is 1.83 bits per heavy atom. The van der Waals surface area contributed by atoms with Crippen molar-refractivity contribution in [3.05, 3.63) is 41.9 Å². The molecule has 2 aromatic rings. The van der Waals surface area contributed by atoms with Gasteiger partial charge in [0.15, 0.2) is 0 Å². The summed E-state index contributed by atoms with van der Waals surface area (Å²) in [5, 5.41) is 0. The molecule has 0 atom stereocenters. The predicted molar refractivity (Wildman–Crippen MR) is 63.0 cm³/mol. The zero-order valence-electron chi connectivity index (χ0n) is 9.88. The number of alkyl halides is 3. The number of hydrogen-bond acceptors (Lipinski definition) is 1. The van der Waals surface area contributed by atoms with Crippen molar-refractivity contribution in [3.8, 4) is 11.3 Å². The Morgan fingerprint density at radius 1 is 1.17 bits per heavy atom. The van der Waals surface area contributed by atoms with Crippen LogP contribution in [0.5, 0.6) is 0 Å². The monoisotopic (exact) mass is 254 g/mol. The SMILES string of the molecule is CCCc1ccc(-c2cnc(C(F)(F)F)[nH]2)cc1. The summed E-state index contributed by atoms with van der Waals surface area (Å²) in [6.45, 7) is 2.08. The largest absolute Gasteiger partial charge is 0.449 e. The first-order valence-corrected chi connectivity index (χ1v) is 5.72. The normalized spacial score (nSPS) is 11.8. The number of imidazole rings is 1. The molecule has 0 unspecified atom stereocenters. The van der Waals surface area contributed by atoms with E-state index in [9.17, 15) is 13.2 Å². The van der Waals surface area contributed by atoms with Crippen molar-refractivity contribution in [2.45, 2.75) is 25.9 Å². The highest BCUT2D eigenvalue weighted by molar-refractivity contribution is 5.58. The third kappa shape index (κ3) is 2.72. The average Bonchev–Trinajstić information content (AvgIpc) is 2.79. The Labute approximate surface area is 103 Å². The number of benzene rings is 1. The van der Waals surface area contributed by atoms with E-state index >= 15 is 0 Å². The molecule has 1 N–H and O–H groups in total. The highest BCUT2D eigenvalue weighted by Gasteiger charge is 2.34. The predicted octanol–water partition coefficient (Wildman–Crippen LogP) is 4.05. The average molecular weight is 254 g/mol. The van der Waals surface area contributed by atoms with Crippen LogP contribution in [-0.4, -0.2) is 9.97 Å². The van der Waals surface area contributed by atoms with E-state index in [0.717, 1.165) is 12.8 Å². The van der Waals surface area contributed by atoms with Crippen LogP contribution in [0.1, 0.15) is 24.7 Å². The van der Waals surface area contributed by atoms with Gasteiger partial charge in [0.1, 0.15) is 0 Å². The second-order valence-corrected chi connectivity index (χ2v) is 4.09. The number of rotatable bonds is 3. The molecule has 0 aliphatic rings. The topological polar surface area (TPSA) is 28.7 Å². The third-order valence-corrected chi connectivity index (χ3v) is 2.65. The summed E-state index contributed by atoms with van der Waals surface area (Å²) in [5.74, 6) is -0.963. The molecule has 0 saturated heterocycles. The molecular weight excluding hydrogens is 241 g/mol. The summed E-state index contributed by atoms with van der Waals surface area (Å²) in [4.78, 5) is 5.63.